The Labute approximate surface area is 71.9 Å². The zero-order valence-corrected chi connectivity index (χ0v) is 6.99. The number of carbonyl (C=O) groups is 1. The van der Waals surface area contributed by atoms with Crippen molar-refractivity contribution in [3.63, 3.8) is 0 Å². The molecule has 0 spiro atoms. The van der Waals surface area contributed by atoms with E-state index in [0.717, 1.165) is 19.4 Å². The van der Waals surface area contributed by atoms with E-state index in [0.29, 0.717) is 6.54 Å². The summed E-state index contributed by atoms with van der Waals surface area (Å²) < 4.78 is 0. The molecular formula is C8H13N3O. The van der Waals surface area contributed by atoms with Crippen LogP contribution in [-0.2, 0) is 4.79 Å². The number of nitriles is 1. The molecule has 4 heteroatoms. The van der Waals surface area contributed by atoms with Crippen molar-refractivity contribution < 1.29 is 4.79 Å². The Kier molecular flexibility index (Phi) is 3.06. The minimum absolute atomic E-state index is 0.0816. The Morgan fingerprint density at radius 1 is 1.75 bits per heavy atom. The zero-order chi connectivity index (χ0) is 8.97. The highest BCUT2D eigenvalue weighted by molar-refractivity contribution is 5.75. The van der Waals surface area contributed by atoms with Gasteiger partial charge in [0.05, 0.1) is 18.5 Å². The molecule has 1 atom stereocenters. The summed E-state index contributed by atoms with van der Waals surface area (Å²) in [6.45, 7) is 1.87. The average Bonchev–Trinajstić information content (AvgIpc) is 2.03. The van der Waals surface area contributed by atoms with E-state index in [1.165, 1.54) is 0 Å². The van der Waals surface area contributed by atoms with Crippen LogP contribution >= 0.6 is 0 Å². The van der Waals surface area contributed by atoms with Gasteiger partial charge in [-0.25, -0.2) is 0 Å². The maximum atomic E-state index is 10.6. The number of amides is 1. The molecule has 1 heterocycles. The highest BCUT2D eigenvalue weighted by atomic mass is 16.1. The average molecular weight is 167 g/mol. The molecule has 0 bridgehead atoms. The standard InChI is InChI=1S/C8H13N3O/c9-4-7-2-1-3-11(5-7)6-8(10)12/h7H,1-3,5-6H2,(H2,10,12). The highest BCUT2D eigenvalue weighted by Crippen LogP contribution is 2.14. The third-order valence-electron chi connectivity index (χ3n) is 2.07. The topological polar surface area (TPSA) is 70.1 Å². The molecule has 1 unspecified atom stereocenters. The van der Waals surface area contributed by atoms with Gasteiger partial charge in [0.1, 0.15) is 0 Å². The number of rotatable bonds is 2. The lowest BCUT2D eigenvalue weighted by molar-refractivity contribution is -0.119. The predicted molar refractivity (Wildman–Crippen MR) is 44.0 cm³/mol. The fourth-order valence-corrected chi connectivity index (χ4v) is 1.52. The predicted octanol–water partition coefficient (Wildman–Crippen LogP) is -0.293. The monoisotopic (exact) mass is 167 g/mol. The van der Waals surface area contributed by atoms with Crippen LogP contribution in [0.5, 0.6) is 0 Å². The summed E-state index contributed by atoms with van der Waals surface area (Å²) in [6, 6.07) is 2.21. The van der Waals surface area contributed by atoms with Crippen LogP contribution in [0, 0.1) is 17.2 Å². The first-order valence-electron chi connectivity index (χ1n) is 4.12. The normalized spacial score (nSPS) is 24.8. The maximum Gasteiger partial charge on any atom is 0.231 e. The van der Waals surface area contributed by atoms with Crippen molar-refractivity contribution in [1.82, 2.24) is 4.90 Å². The number of nitrogens with zero attached hydrogens (tertiary/aromatic N) is 2. The van der Waals surface area contributed by atoms with Gasteiger partial charge >= 0.3 is 0 Å². The molecule has 66 valence electrons. The van der Waals surface area contributed by atoms with Crippen molar-refractivity contribution in [1.29, 1.82) is 5.26 Å². The fraction of sp³-hybridized carbons (Fsp3) is 0.750. The number of likely N-dealkylation sites (tertiary alicyclic amines) is 1. The minimum Gasteiger partial charge on any atom is -0.369 e. The first kappa shape index (κ1) is 9.01. The number of piperidine rings is 1. The van der Waals surface area contributed by atoms with Gasteiger partial charge in [-0.15, -0.1) is 0 Å². The molecule has 2 N–H and O–H groups in total. The summed E-state index contributed by atoms with van der Waals surface area (Å²) in [6.07, 6.45) is 1.94. The Balaban J connectivity index is 2.36. The van der Waals surface area contributed by atoms with E-state index in [4.69, 9.17) is 11.0 Å². The number of hydrogen-bond donors (Lipinski definition) is 1. The van der Waals surface area contributed by atoms with Crippen LogP contribution in [0.15, 0.2) is 0 Å². The Hall–Kier alpha value is -1.08. The number of nitrogens with two attached hydrogens (primary N) is 1. The summed E-state index contributed by atoms with van der Waals surface area (Å²) in [5.41, 5.74) is 5.05. The minimum atomic E-state index is -0.311. The number of hydrogen-bond acceptors (Lipinski definition) is 3. The van der Waals surface area contributed by atoms with E-state index in [1.54, 1.807) is 0 Å². The molecule has 1 aliphatic heterocycles. The van der Waals surface area contributed by atoms with Crippen molar-refractivity contribution in [3.05, 3.63) is 0 Å². The van der Waals surface area contributed by atoms with Crippen molar-refractivity contribution in [2.24, 2.45) is 11.7 Å². The third-order valence-corrected chi connectivity index (χ3v) is 2.07. The summed E-state index contributed by atoms with van der Waals surface area (Å²) in [5.74, 6) is -0.230. The van der Waals surface area contributed by atoms with Gasteiger partial charge in [-0.05, 0) is 19.4 Å². The lowest BCUT2D eigenvalue weighted by Gasteiger charge is -2.27. The second-order valence-corrected chi connectivity index (χ2v) is 3.17. The molecule has 0 aromatic heterocycles. The summed E-state index contributed by atoms with van der Waals surface area (Å²) in [7, 11) is 0. The summed E-state index contributed by atoms with van der Waals surface area (Å²) in [4.78, 5) is 12.5. The van der Waals surface area contributed by atoms with Crippen molar-refractivity contribution in [3.8, 4) is 6.07 Å². The zero-order valence-electron chi connectivity index (χ0n) is 6.99. The second kappa shape index (κ2) is 4.07. The van der Waals surface area contributed by atoms with Crippen LogP contribution in [0.4, 0.5) is 0 Å². The molecule has 0 saturated carbocycles. The molecule has 1 aliphatic rings. The van der Waals surface area contributed by atoms with Crippen molar-refractivity contribution in [2.45, 2.75) is 12.8 Å². The Morgan fingerprint density at radius 3 is 3.08 bits per heavy atom. The van der Waals surface area contributed by atoms with Crippen LogP contribution in [0.3, 0.4) is 0 Å². The van der Waals surface area contributed by atoms with E-state index in [1.807, 2.05) is 4.90 Å². The fourth-order valence-electron chi connectivity index (χ4n) is 1.52. The smallest absolute Gasteiger partial charge is 0.231 e. The molecular weight excluding hydrogens is 154 g/mol. The Bertz CT molecular complexity index is 209. The molecule has 0 aromatic rings. The van der Waals surface area contributed by atoms with Gasteiger partial charge < -0.3 is 5.73 Å². The van der Waals surface area contributed by atoms with Crippen LogP contribution in [0.25, 0.3) is 0 Å². The summed E-state index contributed by atoms with van der Waals surface area (Å²) in [5, 5.41) is 8.65. The molecule has 0 radical (unpaired) electrons. The van der Waals surface area contributed by atoms with Crippen molar-refractivity contribution in [2.75, 3.05) is 19.6 Å². The SMILES string of the molecule is N#CC1CCCN(CC(N)=O)C1. The Morgan fingerprint density at radius 2 is 2.50 bits per heavy atom. The molecule has 0 aliphatic carbocycles. The van der Waals surface area contributed by atoms with Gasteiger partial charge in [0, 0.05) is 6.54 Å². The first-order valence-corrected chi connectivity index (χ1v) is 4.12. The largest absolute Gasteiger partial charge is 0.369 e. The van der Waals surface area contributed by atoms with Gasteiger partial charge in [-0.1, -0.05) is 0 Å². The lowest BCUT2D eigenvalue weighted by Crippen LogP contribution is -2.40. The molecule has 12 heavy (non-hydrogen) atoms. The molecule has 1 fully saturated rings. The first-order chi connectivity index (χ1) is 5.72. The lowest BCUT2D eigenvalue weighted by atomic mass is 10.00. The van der Waals surface area contributed by atoms with Crippen molar-refractivity contribution >= 4 is 5.91 Å². The second-order valence-electron chi connectivity index (χ2n) is 3.17. The van der Waals surface area contributed by atoms with Gasteiger partial charge in [0.15, 0.2) is 0 Å². The van der Waals surface area contributed by atoms with E-state index in [2.05, 4.69) is 6.07 Å². The van der Waals surface area contributed by atoms with Gasteiger partial charge in [-0.3, -0.25) is 9.69 Å². The molecule has 4 nitrogen and oxygen atoms in total. The van der Waals surface area contributed by atoms with Crippen LogP contribution in [0.2, 0.25) is 0 Å². The third kappa shape index (κ3) is 2.51. The summed E-state index contributed by atoms with van der Waals surface area (Å²) >= 11 is 0. The van der Waals surface area contributed by atoms with Crippen LogP contribution in [0.1, 0.15) is 12.8 Å². The maximum absolute atomic E-state index is 10.6. The van der Waals surface area contributed by atoms with E-state index in [-0.39, 0.29) is 18.4 Å². The van der Waals surface area contributed by atoms with E-state index >= 15 is 0 Å². The van der Waals surface area contributed by atoms with Gasteiger partial charge in [0.25, 0.3) is 0 Å². The highest BCUT2D eigenvalue weighted by Gasteiger charge is 2.19. The van der Waals surface area contributed by atoms with Gasteiger partial charge in [0.2, 0.25) is 5.91 Å². The van der Waals surface area contributed by atoms with Crippen LogP contribution in [-0.4, -0.2) is 30.4 Å². The van der Waals surface area contributed by atoms with Gasteiger partial charge in [-0.2, -0.15) is 5.26 Å². The molecule has 0 aromatic carbocycles. The van der Waals surface area contributed by atoms with E-state index < -0.39 is 0 Å². The van der Waals surface area contributed by atoms with E-state index in [9.17, 15) is 4.79 Å². The molecule has 1 rings (SSSR count). The quantitative estimate of drug-likeness (QED) is 0.614. The molecule has 1 saturated heterocycles. The number of carbonyl (C=O) groups excluding carboxylic acids is 1. The molecule has 1 amide bonds. The van der Waals surface area contributed by atoms with Crippen LogP contribution < -0.4 is 5.73 Å². The number of primary amides is 1.